The van der Waals surface area contributed by atoms with E-state index >= 15 is 0 Å². The van der Waals surface area contributed by atoms with Crippen molar-refractivity contribution in [2.24, 2.45) is 0 Å². The highest BCUT2D eigenvalue weighted by Crippen LogP contribution is 2.45. The molecule has 1 aliphatic carbocycles. The monoisotopic (exact) mass is 227 g/mol. The summed E-state index contributed by atoms with van der Waals surface area (Å²) in [6.07, 6.45) is 6.04. The Morgan fingerprint density at radius 2 is 2.06 bits per heavy atom. The average molecular weight is 227 g/mol. The van der Waals surface area contributed by atoms with Crippen molar-refractivity contribution in [2.75, 3.05) is 0 Å². The van der Waals surface area contributed by atoms with Gasteiger partial charge in [-0.15, -0.1) is 0 Å². The maximum absolute atomic E-state index is 4.76. The van der Waals surface area contributed by atoms with Crippen molar-refractivity contribution in [1.82, 2.24) is 15.3 Å². The predicted molar refractivity (Wildman–Crippen MR) is 68.7 cm³/mol. The van der Waals surface area contributed by atoms with E-state index in [9.17, 15) is 0 Å². The van der Waals surface area contributed by atoms with Crippen molar-refractivity contribution in [3.63, 3.8) is 0 Å². The molecule has 2 aromatic rings. The van der Waals surface area contributed by atoms with Crippen molar-refractivity contribution < 1.29 is 0 Å². The average Bonchev–Trinajstić information content (AvgIpc) is 3.08. The molecule has 1 N–H and O–H groups in total. The summed E-state index contributed by atoms with van der Waals surface area (Å²) in [5.41, 5.74) is 2.34. The summed E-state index contributed by atoms with van der Waals surface area (Å²) in [5.74, 6) is 0. The SMILES string of the molecule is CC(C)NC1(c2ccc3cnccc3n2)CC1. The van der Waals surface area contributed by atoms with Crippen LogP contribution in [0.5, 0.6) is 0 Å². The maximum Gasteiger partial charge on any atom is 0.0736 e. The Hall–Kier alpha value is -1.48. The van der Waals surface area contributed by atoms with Crippen LogP contribution in [0.2, 0.25) is 0 Å². The second-order valence-electron chi connectivity index (χ2n) is 5.15. The van der Waals surface area contributed by atoms with Gasteiger partial charge in [0.25, 0.3) is 0 Å². The molecular formula is C14H17N3. The van der Waals surface area contributed by atoms with Gasteiger partial charge < -0.3 is 5.32 Å². The van der Waals surface area contributed by atoms with Crippen LogP contribution in [-0.2, 0) is 5.54 Å². The standard InChI is InChI=1S/C14H17N3/c1-10(2)17-14(6-7-14)13-4-3-11-9-15-8-5-12(11)16-13/h3-5,8-10,17H,6-7H2,1-2H3. The molecule has 88 valence electrons. The summed E-state index contributed by atoms with van der Waals surface area (Å²) in [6.45, 7) is 4.37. The first-order valence-corrected chi connectivity index (χ1v) is 6.19. The molecule has 0 aliphatic heterocycles. The van der Waals surface area contributed by atoms with E-state index in [1.54, 1.807) is 6.20 Å². The Kier molecular flexibility index (Phi) is 2.37. The number of hydrogen-bond donors (Lipinski definition) is 1. The summed E-state index contributed by atoms with van der Waals surface area (Å²) in [7, 11) is 0. The third-order valence-corrected chi connectivity index (χ3v) is 3.29. The highest BCUT2D eigenvalue weighted by atomic mass is 15.1. The van der Waals surface area contributed by atoms with E-state index in [1.807, 2.05) is 12.3 Å². The lowest BCUT2D eigenvalue weighted by Gasteiger charge is -2.20. The number of nitrogens with zero attached hydrogens (tertiary/aromatic N) is 2. The molecule has 2 heterocycles. The van der Waals surface area contributed by atoms with Crippen LogP contribution in [0.3, 0.4) is 0 Å². The molecule has 3 heteroatoms. The molecule has 3 rings (SSSR count). The molecule has 0 saturated heterocycles. The van der Waals surface area contributed by atoms with E-state index in [4.69, 9.17) is 4.98 Å². The van der Waals surface area contributed by atoms with Gasteiger partial charge in [-0.2, -0.15) is 0 Å². The number of hydrogen-bond acceptors (Lipinski definition) is 3. The van der Waals surface area contributed by atoms with Crippen LogP contribution in [-0.4, -0.2) is 16.0 Å². The summed E-state index contributed by atoms with van der Waals surface area (Å²) >= 11 is 0. The Morgan fingerprint density at radius 3 is 2.76 bits per heavy atom. The molecule has 0 amide bonds. The lowest BCUT2D eigenvalue weighted by molar-refractivity contribution is 0.453. The number of aromatic nitrogens is 2. The molecule has 3 nitrogen and oxygen atoms in total. The summed E-state index contributed by atoms with van der Waals surface area (Å²) < 4.78 is 0. The number of nitrogens with one attached hydrogen (secondary N) is 1. The third-order valence-electron chi connectivity index (χ3n) is 3.29. The molecule has 2 aromatic heterocycles. The van der Waals surface area contributed by atoms with E-state index in [1.165, 1.54) is 18.5 Å². The molecule has 0 atom stereocenters. The first-order chi connectivity index (χ1) is 8.20. The van der Waals surface area contributed by atoms with E-state index in [0.717, 1.165) is 10.9 Å². The smallest absolute Gasteiger partial charge is 0.0736 e. The highest BCUT2D eigenvalue weighted by molar-refractivity contribution is 5.77. The number of rotatable bonds is 3. The first kappa shape index (κ1) is 10.7. The van der Waals surface area contributed by atoms with Crippen LogP contribution in [0, 0.1) is 0 Å². The zero-order chi connectivity index (χ0) is 11.9. The van der Waals surface area contributed by atoms with Gasteiger partial charge in [0.2, 0.25) is 0 Å². The van der Waals surface area contributed by atoms with Crippen LogP contribution < -0.4 is 5.32 Å². The van der Waals surface area contributed by atoms with Gasteiger partial charge in [0.05, 0.1) is 16.7 Å². The summed E-state index contributed by atoms with van der Waals surface area (Å²) in [4.78, 5) is 8.87. The largest absolute Gasteiger partial charge is 0.304 e. The van der Waals surface area contributed by atoms with Crippen LogP contribution in [0.4, 0.5) is 0 Å². The van der Waals surface area contributed by atoms with Gasteiger partial charge >= 0.3 is 0 Å². The van der Waals surface area contributed by atoms with Crippen molar-refractivity contribution in [1.29, 1.82) is 0 Å². The van der Waals surface area contributed by atoms with Crippen LogP contribution in [0.1, 0.15) is 32.4 Å². The normalized spacial score (nSPS) is 17.6. The number of fused-ring (bicyclic) bond motifs is 1. The fourth-order valence-electron chi connectivity index (χ4n) is 2.38. The van der Waals surface area contributed by atoms with Gasteiger partial charge in [-0.1, -0.05) is 0 Å². The highest BCUT2D eigenvalue weighted by Gasteiger charge is 2.45. The minimum absolute atomic E-state index is 0.131. The van der Waals surface area contributed by atoms with Crippen molar-refractivity contribution in [2.45, 2.75) is 38.3 Å². The van der Waals surface area contributed by atoms with Gasteiger partial charge in [-0.3, -0.25) is 9.97 Å². The molecule has 1 saturated carbocycles. The maximum atomic E-state index is 4.76. The fourth-order valence-corrected chi connectivity index (χ4v) is 2.38. The lowest BCUT2D eigenvalue weighted by Crippen LogP contribution is -2.35. The molecular weight excluding hydrogens is 210 g/mol. The predicted octanol–water partition coefficient (Wildman–Crippen LogP) is 2.62. The molecule has 0 unspecified atom stereocenters. The Morgan fingerprint density at radius 1 is 1.24 bits per heavy atom. The van der Waals surface area contributed by atoms with E-state index < -0.39 is 0 Å². The van der Waals surface area contributed by atoms with Crippen molar-refractivity contribution in [3.8, 4) is 0 Å². The molecule has 1 aliphatic rings. The fraction of sp³-hybridized carbons (Fsp3) is 0.429. The molecule has 1 fully saturated rings. The van der Waals surface area contributed by atoms with Gasteiger partial charge in [0, 0.05) is 23.8 Å². The third kappa shape index (κ3) is 1.91. The number of pyridine rings is 2. The molecule has 0 spiro atoms. The van der Waals surface area contributed by atoms with Crippen molar-refractivity contribution in [3.05, 3.63) is 36.3 Å². The zero-order valence-electron chi connectivity index (χ0n) is 10.3. The van der Waals surface area contributed by atoms with E-state index in [2.05, 4.69) is 36.3 Å². The molecule has 17 heavy (non-hydrogen) atoms. The Labute approximate surface area is 101 Å². The van der Waals surface area contributed by atoms with Crippen molar-refractivity contribution >= 4 is 10.9 Å². The van der Waals surface area contributed by atoms with Gasteiger partial charge in [-0.05, 0) is 44.9 Å². The minimum atomic E-state index is 0.131. The lowest BCUT2D eigenvalue weighted by atomic mass is 10.1. The topological polar surface area (TPSA) is 37.8 Å². The van der Waals surface area contributed by atoms with E-state index in [0.29, 0.717) is 6.04 Å². The zero-order valence-corrected chi connectivity index (χ0v) is 10.3. The van der Waals surface area contributed by atoms with Crippen LogP contribution >= 0.6 is 0 Å². The molecule has 0 aromatic carbocycles. The molecule has 0 radical (unpaired) electrons. The van der Waals surface area contributed by atoms with Crippen LogP contribution in [0.15, 0.2) is 30.6 Å². The minimum Gasteiger partial charge on any atom is -0.304 e. The van der Waals surface area contributed by atoms with Crippen LogP contribution in [0.25, 0.3) is 10.9 Å². The van der Waals surface area contributed by atoms with E-state index in [-0.39, 0.29) is 5.54 Å². The quantitative estimate of drug-likeness (QED) is 0.876. The van der Waals surface area contributed by atoms with Gasteiger partial charge in [0.15, 0.2) is 0 Å². The summed E-state index contributed by atoms with van der Waals surface area (Å²) in [6, 6.07) is 6.72. The second-order valence-corrected chi connectivity index (χ2v) is 5.15. The first-order valence-electron chi connectivity index (χ1n) is 6.19. The van der Waals surface area contributed by atoms with Gasteiger partial charge in [-0.25, -0.2) is 0 Å². The molecule has 0 bridgehead atoms. The second kappa shape index (κ2) is 3.77. The Balaban J connectivity index is 2.01. The summed E-state index contributed by atoms with van der Waals surface area (Å²) in [5, 5.41) is 4.74. The Bertz CT molecular complexity index is 544. The van der Waals surface area contributed by atoms with Gasteiger partial charge in [0.1, 0.15) is 0 Å².